The molecule has 0 N–H and O–H groups in total. The second-order valence-corrected chi connectivity index (χ2v) is 33.8. The van der Waals surface area contributed by atoms with Crippen LogP contribution in [0.1, 0.15) is 236 Å². The maximum atomic E-state index is 13.6. The molecule has 0 aliphatic rings. The molecule has 0 spiro atoms. The molecule has 0 aromatic rings. The summed E-state index contributed by atoms with van der Waals surface area (Å²) in [6.07, 6.45) is 44.3. The molecule has 0 amide bonds. The third-order valence-corrected chi connectivity index (χ3v) is 29.7. The van der Waals surface area contributed by atoms with Crippen molar-refractivity contribution in [3.63, 3.8) is 0 Å². The molecular formula is C55H112O6P3+3. The SMILES string of the molecule is CCCCC[P+](CCCC)(CCCC)CCCC(=O)OCC(CC)(COC(=O)CCC[P+](CCCC)(CCCC)CCCC)COC(=O)CCC[P+](CCCC)(CCCC)CCCC. The van der Waals surface area contributed by atoms with Gasteiger partial charge in [0.25, 0.3) is 0 Å². The van der Waals surface area contributed by atoms with E-state index in [1.807, 2.05) is 6.92 Å². The molecule has 0 aromatic carbocycles. The van der Waals surface area contributed by atoms with Crippen molar-refractivity contribution in [2.75, 3.05) is 93.8 Å². The summed E-state index contributed by atoms with van der Waals surface area (Å²) in [6, 6.07) is 0. The highest BCUT2D eigenvalue weighted by Gasteiger charge is 2.39. The van der Waals surface area contributed by atoms with E-state index in [-0.39, 0.29) is 37.7 Å². The molecule has 0 radical (unpaired) electrons. The molecular weight excluding hydrogens is 850 g/mol. The van der Waals surface area contributed by atoms with E-state index >= 15 is 0 Å². The van der Waals surface area contributed by atoms with E-state index in [1.54, 1.807) is 0 Å². The molecule has 0 bridgehead atoms. The Morgan fingerprint density at radius 1 is 0.297 bits per heavy atom. The van der Waals surface area contributed by atoms with E-state index in [4.69, 9.17) is 14.2 Å². The Labute approximate surface area is 402 Å². The number of unbranched alkanes of at least 4 members (excludes halogenated alkanes) is 10. The fourth-order valence-electron chi connectivity index (χ4n) is 9.68. The highest BCUT2D eigenvalue weighted by atomic mass is 31.2. The first-order valence-corrected chi connectivity index (χ1v) is 35.5. The highest BCUT2D eigenvalue weighted by molar-refractivity contribution is 7.76. The summed E-state index contributed by atoms with van der Waals surface area (Å²) < 4.78 is 18.3. The molecule has 0 aliphatic carbocycles. The topological polar surface area (TPSA) is 78.9 Å². The Hall–Kier alpha value is -0.300. The molecule has 0 saturated heterocycles. The van der Waals surface area contributed by atoms with Crippen LogP contribution in [0.15, 0.2) is 0 Å². The van der Waals surface area contributed by atoms with E-state index in [1.165, 1.54) is 196 Å². The average molecular weight is 962 g/mol. The van der Waals surface area contributed by atoms with Crippen molar-refractivity contribution in [3.8, 4) is 0 Å². The molecule has 0 aromatic heterocycles. The van der Waals surface area contributed by atoms with Gasteiger partial charge in [0.1, 0.15) is 19.8 Å². The minimum atomic E-state index is -1.11. The maximum Gasteiger partial charge on any atom is 0.305 e. The molecule has 64 heavy (non-hydrogen) atoms. The lowest BCUT2D eigenvalue weighted by molar-refractivity contribution is -0.162. The van der Waals surface area contributed by atoms with Gasteiger partial charge in [-0.05, 0) is 83.5 Å². The maximum absolute atomic E-state index is 13.6. The first kappa shape index (κ1) is 63.7. The van der Waals surface area contributed by atoms with Crippen molar-refractivity contribution in [2.24, 2.45) is 5.41 Å². The van der Waals surface area contributed by atoms with Gasteiger partial charge in [-0.3, -0.25) is 14.4 Å². The summed E-state index contributed by atoms with van der Waals surface area (Å²) in [5.41, 5.74) is -0.763. The van der Waals surface area contributed by atoms with Gasteiger partial charge in [-0.25, -0.2) is 0 Å². The van der Waals surface area contributed by atoms with Crippen LogP contribution in [-0.2, 0) is 28.6 Å². The van der Waals surface area contributed by atoms with Crippen molar-refractivity contribution in [1.29, 1.82) is 0 Å². The third-order valence-electron chi connectivity index (χ3n) is 14.5. The number of hydrogen-bond acceptors (Lipinski definition) is 6. The van der Waals surface area contributed by atoms with Crippen LogP contribution in [0.4, 0.5) is 0 Å². The Morgan fingerprint density at radius 2 is 0.500 bits per heavy atom. The molecule has 9 heteroatoms. The quantitative estimate of drug-likeness (QED) is 0.0262. The summed E-state index contributed by atoms with van der Waals surface area (Å²) in [5.74, 6) is -0.528. The molecule has 0 fully saturated rings. The normalized spacial score (nSPS) is 12.5. The summed E-state index contributed by atoms with van der Waals surface area (Å²) in [7, 11) is -3.31. The second kappa shape index (κ2) is 40.6. The van der Waals surface area contributed by atoms with Gasteiger partial charge in [0.05, 0.1) is 79.4 Å². The standard InChI is InChI=1S/C55H112O6P3/c1-11-21-30-45-64(43-28-18-8,44-29-19-9)48-33-36-54(58)61-51-55(20-10,49-59-52(56)34-31-46-62(37-22-12-2,38-23-13-3)39-24-14-4)50-60-53(57)35-32-47-63(40-25-15-5,41-26-16-6)42-27-17-7/h11-51H2,1-10H3/q+3. The minimum Gasteiger partial charge on any atom is -0.465 e. The first-order valence-electron chi connectivity index (χ1n) is 27.9. The van der Waals surface area contributed by atoms with Gasteiger partial charge in [-0.15, -0.1) is 0 Å². The average Bonchev–Trinajstić information content (AvgIpc) is 3.30. The Kier molecular flexibility index (Phi) is 40.4. The molecule has 0 saturated carbocycles. The summed E-state index contributed by atoms with van der Waals surface area (Å²) in [4.78, 5) is 40.6. The van der Waals surface area contributed by atoms with Gasteiger partial charge in [-0.2, -0.15) is 0 Å². The van der Waals surface area contributed by atoms with Crippen LogP contribution >= 0.6 is 21.8 Å². The van der Waals surface area contributed by atoms with Crippen LogP contribution in [0.5, 0.6) is 0 Å². The van der Waals surface area contributed by atoms with E-state index in [0.717, 1.165) is 19.3 Å². The lowest BCUT2D eigenvalue weighted by Crippen LogP contribution is -2.39. The zero-order chi connectivity index (χ0) is 47.8. The smallest absolute Gasteiger partial charge is 0.305 e. The molecule has 0 aliphatic heterocycles. The predicted octanol–water partition coefficient (Wildman–Crippen LogP) is 17.0. The number of ether oxygens (including phenoxy) is 3. The van der Waals surface area contributed by atoms with Crippen molar-refractivity contribution in [3.05, 3.63) is 0 Å². The zero-order valence-electron chi connectivity index (χ0n) is 44.8. The number of rotatable bonds is 47. The second-order valence-electron chi connectivity index (χ2n) is 20.4. The van der Waals surface area contributed by atoms with Gasteiger partial charge >= 0.3 is 17.9 Å². The van der Waals surface area contributed by atoms with Crippen LogP contribution < -0.4 is 0 Å². The molecule has 0 atom stereocenters. The molecule has 0 unspecified atom stereocenters. The first-order chi connectivity index (χ1) is 30.9. The number of carbonyl (C=O) groups is 3. The lowest BCUT2D eigenvalue weighted by atomic mass is 9.88. The number of esters is 3. The fraction of sp³-hybridized carbons (Fsp3) is 0.945. The van der Waals surface area contributed by atoms with Gasteiger partial charge in [-0.1, -0.05) is 133 Å². The van der Waals surface area contributed by atoms with Crippen LogP contribution in [0.2, 0.25) is 0 Å². The molecule has 6 nitrogen and oxygen atoms in total. The van der Waals surface area contributed by atoms with Crippen LogP contribution in [0.3, 0.4) is 0 Å². The Balaban J connectivity index is 6.04. The van der Waals surface area contributed by atoms with Crippen molar-refractivity contribution in [2.45, 2.75) is 236 Å². The van der Waals surface area contributed by atoms with E-state index < -0.39 is 27.2 Å². The Bertz CT molecular complexity index is 1030. The zero-order valence-corrected chi connectivity index (χ0v) is 47.5. The fourth-order valence-corrected chi connectivity index (χ4v) is 25.0. The van der Waals surface area contributed by atoms with E-state index in [2.05, 4.69) is 62.3 Å². The lowest BCUT2D eigenvalue weighted by Gasteiger charge is -2.31. The predicted molar refractivity (Wildman–Crippen MR) is 291 cm³/mol. The summed E-state index contributed by atoms with van der Waals surface area (Å²) >= 11 is 0. The van der Waals surface area contributed by atoms with Crippen molar-refractivity contribution < 1.29 is 28.6 Å². The van der Waals surface area contributed by atoms with Crippen molar-refractivity contribution >= 4 is 39.7 Å². The largest absolute Gasteiger partial charge is 0.465 e. The van der Waals surface area contributed by atoms with Crippen LogP contribution in [-0.4, -0.2) is 112 Å². The highest BCUT2D eigenvalue weighted by Crippen LogP contribution is 2.63. The van der Waals surface area contributed by atoms with E-state index in [9.17, 15) is 14.4 Å². The minimum absolute atomic E-state index is 0.102. The number of carbonyl (C=O) groups excluding carboxylic acids is 3. The Morgan fingerprint density at radius 3 is 0.703 bits per heavy atom. The van der Waals surface area contributed by atoms with Crippen LogP contribution in [0, 0.1) is 5.41 Å². The summed E-state index contributed by atoms with van der Waals surface area (Å²) in [6.45, 7) is 23.1. The van der Waals surface area contributed by atoms with Gasteiger partial charge < -0.3 is 14.2 Å². The van der Waals surface area contributed by atoms with Gasteiger partial charge in [0, 0.05) is 41.0 Å². The number of hydrogen-bond donors (Lipinski definition) is 0. The molecule has 380 valence electrons. The van der Waals surface area contributed by atoms with Crippen LogP contribution in [0.25, 0.3) is 0 Å². The molecule has 0 heterocycles. The third kappa shape index (κ3) is 29.6. The van der Waals surface area contributed by atoms with E-state index in [0.29, 0.717) is 25.7 Å². The van der Waals surface area contributed by atoms with Crippen molar-refractivity contribution in [1.82, 2.24) is 0 Å². The van der Waals surface area contributed by atoms with Gasteiger partial charge in [0.2, 0.25) is 0 Å². The molecule has 0 rings (SSSR count). The van der Waals surface area contributed by atoms with Gasteiger partial charge in [0.15, 0.2) is 0 Å². The summed E-state index contributed by atoms with van der Waals surface area (Å²) in [5, 5.41) is 0. The monoisotopic (exact) mass is 962 g/mol.